The van der Waals surface area contributed by atoms with Gasteiger partial charge in [0.05, 0.1) is 13.2 Å². The molecule has 2 atom stereocenters. The minimum Gasteiger partial charge on any atom is -0.493 e. The third-order valence-electron chi connectivity index (χ3n) is 3.53. The molecule has 0 aliphatic heterocycles. The lowest BCUT2D eigenvalue weighted by Gasteiger charge is -2.20. The van der Waals surface area contributed by atoms with Crippen LogP contribution in [-0.2, 0) is 4.79 Å². The SMILES string of the molecule is COc1ccccc1O[C@H](C)C(=O)N[C@@H](C)c1ccc(Cl)cc1Cl. The number of para-hydroxylation sites is 2. The number of nitrogens with one attached hydrogen (secondary N) is 1. The molecule has 1 amide bonds. The van der Waals surface area contributed by atoms with Crippen LogP contribution in [0.5, 0.6) is 11.5 Å². The van der Waals surface area contributed by atoms with Crippen molar-refractivity contribution in [2.24, 2.45) is 0 Å². The average Bonchev–Trinajstić information content (AvgIpc) is 2.55. The van der Waals surface area contributed by atoms with E-state index in [9.17, 15) is 4.79 Å². The number of rotatable bonds is 6. The molecular weight excluding hydrogens is 349 g/mol. The van der Waals surface area contributed by atoms with Crippen LogP contribution >= 0.6 is 23.2 Å². The lowest BCUT2D eigenvalue weighted by atomic mass is 10.1. The van der Waals surface area contributed by atoms with Crippen molar-refractivity contribution in [1.82, 2.24) is 5.32 Å². The molecule has 4 nitrogen and oxygen atoms in total. The zero-order valence-electron chi connectivity index (χ0n) is 13.7. The minimum absolute atomic E-state index is 0.251. The normalized spacial score (nSPS) is 13.0. The van der Waals surface area contributed by atoms with Crippen LogP contribution in [0.4, 0.5) is 0 Å². The number of carbonyl (C=O) groups excluding carboxylic acids is 1. The highest BCUT2D eigenvalue weighted by molar-refractivity contribution is 6.35. The van der Waals surface area contributed by atoms with E-state index in [2.05, 4.69) is 5.32 Å². The van der Waals surface area contributed by atoms with Crippen LogP contribution in [0.15, 0.2) is 42.5 Å². The van der Waals surface area contributed by atoms with E-state index in [-0.39, 0.29) is 11.9 Å². The van der Waals surface area contributed by atoms with Crippen molar-refractivity contribution in [3.05, 3.63) is 58.1 Å². The fourth-order valence-electron chi connectivity index (χ4n) is 2.22. The quantitative estimate of drug-likeness (QED) is 0.808. The number of hydrogen-bond acceptors (Lipinski definition) is 3. The third kappa shape index (κ3) is 4.56. The largest absolute Gasteiger partial charge is 0.493 e. The van der Waals surface area contributed by atoms with Gasteiger partial charge in [-0.05, 0) is 43.7 Å². The van der Waals surface area contributed by atoms with Crippen molar-refractivity contribution in [3.63, 3.8) is 0 Å². The van der Waals surface area contributed by atoms with Crippen LogP contribution in [0, 0.1) is 0 Å². The van der Waals surface area contributed by atoms with E-state index in [0.717, 1.165) is 5.56 Å². The molecule has 0 radical (unpaired) electrons. The predicted molar refractivity (Wildman–Crippen MR) is 96.1 cm³/mol. The molecule has 0 bridgehead atoms. The molecule has 24 heavy (non-hydrogen) atoms. The van der Waals surface area contributed by atoms with E-state index in [4.69, 9.17) is 32.7 Å². The Labute approximate surface area is 151 Å². The van der Waals surface area contributed by atoms with Gasteiger partial charge in [-0.15, -0.1) is 0 Å². The maximum atomic E-state index is 12.4. The highest BCUT2D eigenvalue weighted by Gasteiger charge is 2.20. The topological polar surface area (TPSA) is 47.6 Å². The van der Waals surface area contributed by atoms with Gasteiger partial charge in [0.25, 0.3) is 5.91 Å². The molecule has 1 N–H and O–H groups in total. The summed E-state index contributed by atoms with van der Waals surface area (Å²) in [6.45, 7) is 3.53. The zero-order chi connectivity index (χ0) is 17.7. The van der Waals surface area contributed by atoms with Gasteiger partial charge in [-0.2, -0.15) is 0 Å². The van der Waals surface area contributed by atoms with E-state index < -0.39 is 6.10 Å². The first kappa shape index (κ1) is 18.4. The molecule has 0 heterocycles. The Hall–Kier alpha value is -1.91. The fourth-order valence-corrected chi connectivity index (χ4v) is 2.79. The summed E-state index contributed by atoms with van der Waals surface area (Å²) < 4.78 is 10.9. The van der Waals surface area contributed by atoms with E-state index >= 15 is 0 Å². The molecule has 0 fully saturated rings. The summed E-state index contributed by atoms with van der Waals surface area (Å²) in [5.74, 6) is 0.838. The molecule has 2 aromatic rings. The standard InChI is InChI=1S/C18H19Cl2NO3/c1-11(14-9-8-13(19)10-15(14)20)21-18(22)12(2)24-17-7-5-4-6-16(17)23-3/h4-12H,1-3H3,(H,21,22)/t11-,12+/m0/s1. The van der Waals surface area contributed by atoms with Crippen molar-refractivity contribution < 1.29 is 14.3 Å². The lowest BCUT2D eigenvalue weighted by Crippen LogP contribution is -2.37. The van der Waals surface area contributed by atoms with Crippen LogP contribution in [0.25, 0.3) is 0 Å². The second-order valence-corrected chi connectivity index (χ2v) is 6.15. The molecule has 0 spiro atoms. The van der Waals surface area contributed by atoms with Crippen LogP contribution in [-0.4, -0.2) is 19.1 Å². The molecule has 2 rings (SSSR count). The van der Waals surface area contributed by atoms with Gasteiger partial charge in [-0.3, -0.25) is 4.79 Å². The van der Waals surface area contributed by atoms with Crippen LogP contribution < -0.4 is 14.8 Å². The number of hydrogen-bond donors (Lipinski definition) is 1. The van der Waals surface area contributed by atoms with E-state index in [1.54, 1.807) is 44.4 Å². The Kier molecular flexibility index (Phi) is 6.35. The first-order chi connectivity index (χ1) is 11.4. The summed E-state index contributed by atoms with van der Waals surface area (Å²) in [5.41, 5.74) is 0.791. The fraction of sp³-hybridized carbons (Fsp3) is 0.278. The highest BCUT2D eigenvalue weighted by Crippen LogP contribution is 2.28. The summed E-state index contributed by atoms with van der Waals surface area (Å²) in [7, 11) is 1.55. The molecule has 6 heteroatoms. The van der Waals surface area contributed by atoms with Gasteiger partial charge in [-0.25, -0.2) is 0 Å². The molecule has 0 aliphatic carbocycles. The van der Waals surface area contributed by atoms with E-state index in [0.29, 0.717) is 21.5 Å². The highest BCUT2D eigenvalue weighted by atomic mass is 35.5. The summed E-state index contributed by atoms with van der Waals surface area (Å²) in [6, 6.07) is 12.1. The molecule has 128 valence electrons. The van der Waals surface area contributed by atoms with Crippen molar-refractivity contribution in [3.8, 4) is 11.5 Å². The van der Waals surface area contributed by atoms with Crippen molar-refractivity contribution >= 4 is 29.1 Å². The van der Waals surface area contributed by atoms with Gasteiger partial charge in [-0.1, -0.05) is 41.4 Å². The van der Waals surface area contributed by atoms with Gasteiger partial charge in [0, 0.05) is 10.0 Å². The third-order valence-corrected chi connectivity index (χ3v) is 4.09. The predicted octanol–water partition coefficient (Wildman–Crippen LogP) is 4.65. The van der Waals surface area contributed by atoms with E-state index in [1.165, 1.54) is 0 Å². The van der Waals surface area contributed by atoms with Crippen LogP contribution in [0.2, 0.25) is 10.0 Å². The number of carbonyl (C=O) groups is 1. The summed E-state index contributed by atoms with van der Waals surface area (Å²) in [5, 5.41) is 3.94. The molecule has 0 aromatic heterocycles. The van der Waals surface area contributed by atoms with Crippen molar-refractivity contribution in [2.75, 3.05) is 7.11 Å². The zero-order valence-corrected chi connectivity index (χ0v) is 15.2. The molecule has 0 unspecified atom stereocenters. The maximum absolute atomic E-state index is 12.4. The van der Waals surface area contributed by atoms with E-state index in [1.807, 2.05) is 19.1 Å². The number of methoxy groups -OCH3 is 1. The molecule has 0 saturated heterocycles. The lowest BCUT2D eigenvalue weighted by molar-refractivity contribution is -0.127. The number of amides is 1. The monoisotopic (exact) mass is 367 g/mol. The maximum Gasteiger partial charge on any atom is 0.261 e. The molecule has 0 aliphatic rings. The Morgan fingerprint density at radius 3 is 2.38 bits per heavy atom. The second-order valence-electron chi connectivity index (χ2n) is 5.31. The smallest absolute Gasteiger partial charge is 0.261 e. The Morgan fingerprint density at radius 1 is 1.08 bits per heavy atom. The number of halogens is 2. The Bertz CT molecular complexity index is 721. The van der Waals surface area contributed by atoms with Crippen LogP contribution in [0.1, 0.15) is 25.5 Å². The van der Waals surface area contributed by atoms with Crippen molar-refractivity contribution in [1.29, 1.82) is 0 Å². The number of ether oxygens (including phenoxy) is 2. The van der Waals surface area contributed by atoms with Crippen LogP contribution in [0.3, 0.4) is 0 Å². The van der Waals surface area contributed by atoms with Gasteiger partial charge >= 0.3 is 0 Å². The first-order valence-electron chi connectivity index (χ1n) is 7.47. The Balaban J connectivity index is 2.03. The van der Waals surface area contributed by atoms with Gasteiger partial charge in [0.2, 0.25) is 0 Å². The minimum atomic E-state index is -0.685. The summed E-state index contributed by atoms with van der Waals surface area (Å²) in [4.78, 5) is 12.4. The summed E-state index contributed by atoms with van der Waals surface area (Å²) in [6.07, 6.45) is -0.685. The first-order valence-corrected chi connectivity index (χ1v) is 8.23. The molecule has 0 saturated carbocycles. The van der Waals surface area contributed by atoms with Gasteiger partial charge < -0.3 is 14.8 Å². The summed E-state index contributed by atoms with van der Waals surface area (Å²) >= 11 is 12.1. The van der Waals surface area contributed by atoms with Crippen molar-refractivity contribution in [2.45, 2.75) is 26.0 Å². The van der Waals surface area contributed by atoms with Gasteiger partial charge in [0.1, 0.15) is 0 Å². The Morgan fingerprint density at radius 2 is 1.75 bits per heavy atom. The second kappa shape index (κ2) is 8.27. The molecule has 2 aromatic carbocycles. The number of benzene rings is 2. The average molecular weight is 368 g/mol. The molecular formula is C18H19Cl2NO3. The van der Waals surface area contributed by atoms with Gasteiger partial charge in [0.15, 0.2) is 17.6 Å².